The molecule has 0 spiro atoms. The number of halogens is 1. The van der Waals surface area contributed by atoms with Crippen LogP contribution >= 0.6 is 0 Å². The van der Waals surface area contributed by atoms with Crippen LogP contribution in [0.1, 0.15) is 24.5 Å². The van der Waals surface area contributed by atoms with Crippen LogP contribution in [0, 0.1) is 12.7 Å². The zero-order chi connectivity index (χ0) is 20.5. The predicted molar refractivity (Wildman–Crippen MR) is 105 cm³/mol. The van der Waals surface area contributed by atoms with Gasteiger partial charge in [0, 0.05) is 18.8 Å². The number of nitrogens with one attached hydrogen (secondary N) is 2. The van der Waals surface area contributed by atoms with Crippen molar-refractivity contribution in [3.05, 3.63) is 65.5 Å². The van der Waals surface area contributed by atoms with Gasteiger partial charge in [0.25, 0.3) is 0 Å². The van der Waals surface area contributed by atoms with Crippen molar-refractivity contribution in [1.82, 2.24) is 10.2 Å². The highest BCUT2D eigenvalue weighted by atomic mass is 19.1. The summed E-state index contributed by atoms with van der Waals surface area (Å²) in [5.74, 6) is -1.32. The van der Waals surface area contributed by atoms with Gasteiger partial charge in [0.05, 0.1) is 6.42 Å². The summed E-state index contributed by atoms with van der Waals surface area (Å²) >= 11 is 0. The fourth-order valence-electron chi connectivity index (χ4n) is 2.78. The SMILES string of the molecule is CCN(Cc1ccccc1)C(=O)C(CC(=O)Nc1cc(F)ccc1C)NC=O. The molecule has 0 radical (unpaired) electrons. The number of benzene rings is 2. The van der Waals surface area contributed by atoms with Gasteiger partial charge in [-0.2, -0.15) is 0 Å². The second kappa shape index (κ2) is 10.2. The first-order valence-electron chi connectivity index (χ1n) is 9.03. The Morgan fingerprint density at radius 3 is 2.54 bits per heavy atom. The third-order valence-corrected chi connectivity index (χ3v) is 4.34. The van der Waals surface area contributed by atoms with Crippen LogP contribution in [0.3, 0.4) is 0 Å². The van der Waals surface area contributed by atoms with Gasteiger partial charge < -0.3 is 15.5 Å². The maximum Gasteiger partial charge on any atom is 0.245 e. The molecule has 0 saturated heterocycles. The van der Waals surface area contributed by atoms with E-state index in [1.165, 1.54) is 12.1 Å². The zero-order valence-corrected chi connectivity index (χ0v) is 15.9. The average molecular weight is 385 g/mol. The van der Waals surface area contributed by atoms with E-state index in [0.29, 0.717) is 30.8 Å². The molecule has 0 fully saturated rings. The number of hydrogen-bond donors (Lipinski definition) is 2. The third kappa shape index (κ3) is 5.90. The van der Waals surface area contributed by atoms with Crippen molar-refractivity contribution in [3.63, 3.8) is 0 Å². The molecule has 1 unspecified atom stereocenters. The average Bonchev–Trinajstić information content (AvgIpc) is 2.69. The van der Waals surface area contributed by atoms with Crippen LogP contribution in [0.4, 0.5) is 10.1 Å². The van der Waals surface area contributed by atoms with Gasteiger partial charge in [0.1, 0.15) is 11.9 Å². The van der Waals surface area contributed by atoms with Crippen LogP contribution in [0.2, 0.25) is 0 Å². The third-order valence-electron chi connectivity index (χ3n) is 4.34. The summed E-state index contributed by atoms with van der Waals surface area (Å²) in [7, 11) is 0. The number of anilines is 1. The van der Waals surface area contributed by atoms with Crippen molar-refractivity contribution in [1.29, 1.82) is 0 Å². The minimum atomic E-state index is -1.00. The molecule has 148 valence electrons. The van der Waals surface area contributed by atoms with Crippen LogP contribution in [0.25, 0.3) is 0 Å². The van der Waals surface area contributed by atoms with Crippen molar-refractivity contribution in [2.24, 2.45) is 0 Å². The summed E-state index contributed by atoms with van der Waals surface area (Å²) in [6.45, 7) is 4.36. The Morgan fingerprint density at radius 2 is 1.89 bits per heavy atom. The van der Waals surface area contributed by atoms with Crippen molar-refractivity contribution in [3.8, 4) is 0 Å². The van der Waals surface area contributed by atoms with Gasteiger partial charge in [-0.25, -0.2) is 4.39 Å². The lowest BCUT2D eigenvalue weighted by molar-refractivity contribution is -0.136. The van der Waals surface area contributed by atoms with E-state index >= 15 is 0 Å². The predicted octanol–water partition coefficient (Wildman–Crippen LogP) is 2.63. The second-order valence-electron chi connectivity index (χ2n) is 6.39. The summed E-state index contributed by atoms with van der Waals surface area (Å²) in [6.07, 6.45) is 0.151. The first-order valence-corrected chi connectivity index (χ1v) is 9.03. The Kier molecular flexibility index (Phi) is 7.68. The van der Waals surface area contributed by atoms with E-state index in [4.69, 9.17) is 0 Å². The molecule has 0 aliphatic rings. The molecule has 6 nitrogen and oxygen atoms in total. The minimum absolute atomic E-state index is 0.251. The minimum Gasteiger partial charge on any atom is -0.346 e. The van der Waals surface area contributed by atoms with Crippen LogP contribution in [-0.2, 0) is 20.9 Å². The van der Waals surface area contributed by atoms with Gasteiger partial charge in [0.2, 0.25) is 18.2 Å². The highest BCUT2D eigenvalue weighted by molar-refractivity contribution is 5.96. The first-order chi connectivity index (χ1) is 13.4. The number of rotatable bonds is 9. The van der Waals surface area contributed by atoms with Crippen LogP contribution < -0.4 is 10.6 Å². The lowest BCUT2D eigenvalue weighted by Gasteiger charge is -2.26. The topological polar surface area (TPSA) is 78.5 Å². The fraction of sp³-hybridized carbons (Fsp3) is 0.286. The van der Waals surface area contributed by atoms with Crippen molar-refractivity contribution < 1.29 is 18.8 Å². The summed E-state index contributed by atoms with van der Waals surface area (Å²) in [5, 5.41) is 5.01. The molecule has 28 heavy (non-hydrogen) atoms. The standard InChI is InChI=1S/C21H24FN3O3/c1-3-25(13-16-7-5-4-6-8-16)21(28)19(23-14-26)12-20(27)24-18-11-17(22)10-9-15(18)2/h4-11,14,19H,3,12-13H2,1-2H3,(H,23,26)(H,24,27). The molecule has 2 aromatic carbocycles. The monoisotopic (exact) mass is 385 g/mol. The van der Waals surface area contributed by atoms with Crippen molar-refractivity contribution in [2.45, 2.75) is 32.9 Å². The molecule has 0 heterocycles. The van der Waals surface area contributed by atoms with E-state index in [-0.39, 0.29) is 12.3 Å². The molecule has 2 rings (SSSR count). The van der Waals surface area contributed by atoms with Gasteiger partial charge >= 0.3 is 0 Å². The smallest absolute Gasteiger partial charge is 0.245 e. The Labute approximate surface area is 163 Å². The van der Waals surface area contributed by atoms with Crippen LogP contribution in [0.5, 0.6) is 0 Å². The molecule has 0 aromatic heterocycles. The van der Waals surface area contributed by atoms with Gasteiger partial charge in [-0.1, -0.05) is 36.4 Å². The van der Waals surface area contributed by atoms with E-state index in [1.54, 1.807) is 17.9 Å². The van der Waals surface area contributed by atoms with Gasteiger partial charge in [-0.3, -0.25) is 14.4 Å². The van der Waals surface area contributed by atoms with E-state index in [0.717, 1.165) is 5.56 Å². The lowest BCUT2D eigenvalue weighted by atomic mass is 10.1. The molecule has 2 N–H and O–H groups in total. The zero-order valence-electron chi connectivity index (χ0n) is 15.9. The van der Waals surface area contributed by atoms with Gasteiger partial charge in [-0.05, 0) is 37.1 Å². The maximum absolute atomic E-state index is 13.4. The van der Waals surface area contributed by atoms with E-state index in [9.17, 15) is 18.8 Å². The molecule has 7 heteroatoms. The Balaban J connectivity index is 2.07. The van der Waals surface area contributed by atoms with E-state index in [2.05, 4.69) is 10.6 Å². The second-order valence-corrected chi connectivity index (χ2v) is 6.39. The van der Waals surface area contributed by atoms with Crippen LogP contribution in [-0.4, -0.2) is 35.7 Å². The van der Waals surface area contributed by atoms with Crippen molar-refractivity contribution in [2.75, 3.05) is 11.9 Å². The summed E-state index contributed by atoms with van der Waals surface area (Å²) in [4.78, 5) is 37.7. The molecular weight excluding hydrogens is 361 g/mol. The normalized spacial score (nSPS) is 11.4. The summed E-state index contributed by atoms with van der Waals surface area (Å²) in [6, 6.07) is 12.5. The number of nitrogens with zero attached hydrogens (tertiary/aromatic N) is 1. The molecule has 1 atom stereocenters. The number of likely N-dealkylation sites (N-methyl/N-ethyl adjacent to an activating group) is 1. The number of carbonyl (C=O) groups is 3. The molecule has 3 amide bonds. The van der Waals surface area contributed by atoms with E-state index in [1.807, 2.05) is 37.3 Å². The molecular formula is C21H24FN3O3. The van der Waals surface area contributed by atoms with Crippen molar-refractivity contribution >= 4 is 23.9 Å². The number of aryl methyl sites for hydroxylation is 1. The largest absolute Gasteiger partial charge is 0.346 e. The van der Waals surface area contributed by atoms with E-state index < -0.39 is 17.8 Å². The highest BCUT2D eigenvalue weighted by Gasteiger charge is 2.26. The first kappa shape index (κ1) is 21.1. The molecule has 0 aliphatic heterocycles. The fourth-order valence-corrected chi connectivity index (χ4v) is 2.78. The Morgan fingerprint density at radius 1 is 1.18 bits per heavy atom. The summed E-state index contributed by atoms with van der Waals surface area (Å²) < 4.78 is 13.4. The highest BCUT2D eigenvalue weighted by Crippen LogP contribution is 2.17. The Bertz CT molecular complexity index is 827. The summed E-state index contributed by atoms with van der Waals surface area (Å²) in [5.41, 5.74) is 1.97. The molecule has 2 aromatic rings. The number of hydrogen-bond acceptors (Lipinski definition) is 3. The quantitative estimate of drug-likeness (QED) is 0.652. The number of carbonyl (C=O) groups excluding carboxylic acids is 3. The van der Waals surface area contributed by atoms with Crippen LogP contribution in [0.15, 0.2) is 48.5 Å². The molecule has 0 saturated carbocycles. The number of amides is 3. The lowest BCUT2D eigenvalue weighted by Crippen LogP contribution is -2.47. The van der Waals surface area contributed by atoms with Gasteiger partial charge in [0.15, 0.2) is 0 Å². The Hall–Kier alpha value is -3.22. The van der Waals surface area contributed by atoms with Gasteiger partial charge in [-0.15, -0.1) is 0 Å². The maximum atomic E-state index is 13.4. The molecule has 0 aliphatic carbocycles. The molecule has 0 bridgehead atoms.